The van der Waals surface area contributed by atoms with E-state index in [9.17, 15) is 13.6 Å². The van der Waals surface area contributed by atoms with Gasteiger partial charge in [-0.2, -0.15) is 0 Å². The van der Waals surface area contributed by atoms with Crippen LogP contribution in [0.4, 0.5) is 25.0 Å². The van der Waals surface area contributed by atoms with Crippen molar-refractivity contribution in [2.24, 2.45) is 5.92 Å². The van der Waals surface area contributed by atoms with Crippen LogP contribution in [0.3, 0.4) is 0 Å². The van der Waals surface area contributed by atoms with Crippen molar-refractivity contribution in [3.05, 3.63) is 23.8 Å². The Morgan fingerprint density at radius 1 is 1.22 bits per heavy atom. The molecule has 1 unspecified atom stereocenters. The molecule has 2 heterocycles. The fourth-order valence-corrected chi connectivity index (χ4v) is 3.25. The Morgan fingerprint density at radius 3 is 2.43 bits per heavy atom. The molecular weight excluding hydrogens is 304 g/mol. The Balaban J connectivity index is 1.70. The van der Waals surface area contributed by atoms with Crippen molar-refractivity contribution >= 4 is 17.4 Å². The van der Waals surface area contributed by atoms with Crippen LogP contribution in [0, 0.1) is 17.6 Å². The zero-order valence-electron chi connectivity index (χ0n) is 12.9. The van der Waals surface area contributed by atoms with Crippen LogP contribution in [0.1, 0.15) is 19.3 Å². The van der Waals surface area contributed by atoms with Gasteiger partial charge in [-0.05, 0) is 31.4 Å². The van der Waals surface area contributed by atoms with Gasteiger partial charge in [0, 0.05) is 44.4 Å². The first kappa shape index (κ1) is 16.0. The predicted molar refractivity (Wildman–Crippen MR) is 83.6 cm³/mol. The van der Waals surface area contributed by atoms with Crippen molar-refractivity contribution in [1.82, 2.24) is 4.90 Å². The van der Waals surface area contributed by atoms with Crippen LogP contribution in [0.15, 0.2) is 12.1 Å². The molecule has 0 bridgehead atoms. The average molecular weight is 325 g/mol. The van der Waals surface area contributed by atoms with Gasteiger partial charge in [-0.1, -0.05) is 0 Å². The third-order valence-electron chi connectivity index (χ3n) is 4.52. The first-order chi connectivity index (χ1) is 11.1. The highest BCUT2D eigenvalue weighted by Gasteiger charge is 2.26. The lowest BCUT2D eigenvalue weighted by molar-refractivity contribution is 0.209. The monoisotopic (exact) mass is 325 g/mol. The Hall–Kier alpha value is -1.89. The molecule has 1 atom stereocenters. The highest BCUT2D eigenvalue weighted by atomic mass is 19.1. The van der Waals surface area contributed by atoms with Gasteiger partial charge in [0.25, 0.3) is 0 Å². The maximum absolute atomic E-state index is 14.2. The van der Waals surface area contributed by atoms with E-state index in [1.165, 1.54) is 0 Å². The normalized spacial score (nSPS) is 21.1. The smallest absolute Gasteiger partial charge is 0.321 e. The lowest BCUT2D eigenvalue weighted by atomic mass is 10.1. The molecule has 0 saturated carbocycles. The van der Waals surface area contributed by atoms with E-state index >= 15 is 0 Å². The molecule has 1 aromatic carbocycles. The number of urea groups is 1. The summed E-state index contributed by atoms with van der Waals surface area (Å²) in [6.45, 7) is 2.33. The molecule has 0 spiro atoms. The van der Waals surface area contributed by atoms with E-state index in [4.69, 9.17) is 5.11 Å². The zero-order chi connectivity index (χ0) is 16.4. The second-order valence-electron chi connectivity index (χ2n) is 6.20. The molecule has 0 radical (unpaired) electrons. The zero-order valence-corrected chi connectivity index (χ0v) is 12.9. The summed E-state index contributed by atoms with van der Waals surface area (Å²) in [5.74, 6) is -1.24. The van der Waals surface area contributed by atoms with E-state index in [0.717, 1.165) is 31.4 Å². The maximum atomic E-state index is 14.2. The van der Waals surface area contributed by atoms with Gasteiger partial charge >= 0.3 is 6.03 Å². The van der Waals surface area contributed by atoms with Crippen molar-refractivity contribution < 1.29 is 18.7 Å². The molecule has 126 valence electrons. The Morgan fingerprint density at radius 2 is 1.87 bits per heavy atom. The summed E-state index contributed by atoms with van der Waals surface area (Å²) in [4.78, 5) is 15.4. The average Bonchev–Trinajstić information content (AvgIpc) is 3.18. The summed E-state index contributed by atoms with van der Waals surface area (Å²) in [7, 11) is 0. The molecule has 2 amide bonds. The van der Waals surface area contributed by atoms with E-state index in [0.29, 0.717) is 26.2 Å². The van der Waals surface area contributed by atoms with Crippen LogP contribution < -0.4 is 10.2 Å². The molecule has 2 N–H and O–H groups in total. The Labute approximate surface area is 133 Å². The number of carbonyl (C=O) groups is 1. The highest BCUT2D eigenvalue weighted by Crippen LogP contribution is 2.30. The van der Waals surface area contributed by atoms with Crippen LogP contribution in [-0.2, 0) is 0 Å². The SMILES string of the molecule is O=C(Nc1cc(F)c(N2CCCC2)c(F)c1)N1CCC(CO)C1. The summed E-state index contributed by atoms with van der Waals surface area (Å²) in [6, 6.07) is 1.93. The lowest BCUT2D eigenvalue weighted by Crippen LogP contribution is -2.33. The minimum Gasteiger partial charge on any atom is -0.396 e. The number of hydrogen-bond donors (Lipinski definition) is 2. The van der Waals surface area contributed by atoms with Gasteiger partial charge in [0.2, 0.25) is 0 Å². The molecule has 0 aromatic heterocycles. The number of carbonyl (C=O) groups excluding carboxylic acids is 1. The summed E-state index contributed by atoms with van der Waals surface area (Å²) >= 11 is 0. The third-order valence-corrected chi connectivity index (χ3v) is 4.52. The fraction of sp³-hybridized carbons (Fsp3) is 0.562. The van der Waals surface area contributed by atoms with Gasteiger partial charge in [0.15, 0.2) is 11.6 Å². The molecule has 2 saturated heterocycles. The fourth-order valence-electron chi connectivity index (χ4n) is 3.25. The van der Waals surface area contributed by atoms with Crippen LogP contribution in [-0.4, -0.2) is 48.8 Å². The molecule has 7 heteroatoms. The summed E-state index contributed by atoms with van der Waals surface area (Å²) in [5.41, 5.74) is 0.0995. The predicted octanol–water partition coefficient (Wildman–Crippen LogP) is 2.41. The third kappa shape index (κ3) is 3.39. The van der Waals surface area contributed by atoms with Crippen molar-refractivity contribution in [3.63, 3.8) is 0 Å². The first-order valence-electron chi connectivity index (χ1n) is 7.99. The molecular formula is C16H21F2N3O2. The molecule has 23 heavy (non-hydrogen) atoms. The number of amides is 2. The Kier molecular flexibility index (Phi) is 4.66. The van der Waals surface area contributed by atoms with E-state index in [-0.39, 0.29) is 23.9 Å². The molecule has 0 aliphatic carbocycles. The summed E-state index contributed by atoms with van der Waals surface area (Å²) < 4.78 is 28.5. The summed E-state index contributed by atoms with van der Waals surface area (Å²) in [6.07, 6.45) is 2.59. The second kappa shape index (κ2) is 6.70. The maximum Gasteiger partial charge on any atom is 0.321 e. The van der Waals surface area contributed by atoms with E-state index in [1.807, 2.05) is 0 Å². The molecule has 2 aliphatic heterocycles. The van der Waals surface area contributed by atoms with Crippen molar-refractivity contribution in [3.8, 4) is 0 Å². The first-order valence-corrected chi connectivity index (χ1v) is 7.99. The quantitative estimate of drug-likeness (QED) is 0.897. The molecule has 3 rings (SSSR count). The topological polar surface area (TPSA) is 55.8 Å². The number of hydrogen-bond acceptors (Lipinski definition) is 3. The van der Waals surface area contributed by atoms with Crippen LogP contribution >= 0.6 is 0 Å². The van der Waals surface area contributed by atoms with Crippen molar-refractivity contribution in [1.29, 1.82) is 0 Å². The minimum absolute atomic E-state index is 0.0120. The van der Waals surface area contributed by atoms with Gasteiger partial charge in [0.05, 0.1) is 0 Å². The molecule has 1 aromatic rings. The highest BCUT2D eigenvalue weighted by molar-refractivity contribution is 5.89. The number of halogens is 2. The van der Waals surface area contributed by atoms with Crippen molar-refractivity contribution in [2.45, 2.75) is 19.3 Å². The van der Waals surface area contributed by atoms with Crippen LogP contribution in [0.5, 0.6) is 0 Å². The number of anilines is 2. The number of benzene rings is 1. The van der Waals surface area contributed by atoms with Gasteiger partial charge in [-0.15, -0.1) is 0 Å². The summed E-state index contributed by atoms with van der Waals surface area (Å²) in [5, 5.41) is 11.6. The standard InChI is InChI=1S/C16H21F2N3O2/c17-13-7-12(8-14(18)15(13)20-4-1-2-5-20)19-16(23)21-6-3-11(9-21)10-22/h7-8,11,22H,1-6,9-10H2,(H,19,23). The largest absolute Gasteiger partial charge is 0.396 e. The van der Waals surface area contributed by atoms with Crippen LogP contribution in [0.2, 0.25) is 0 Å². The minimum atomic E-state index is -0.656. The van der Waals surface area contributed by atoms with Gasteiger partial charge in [-0.3, -0.25) is 0 Å². The second-order valence-corrected chi connectivity index (χ2v) is 6.20. The number of nitrogens with zero attached hydrogens (tertiary/aromatic N) is 2. The molecule has 5 nitrogen and oxygen atoms in total. The number of aliphatic hydroxyl groups excluding tert-OH is 1. The number of aliphatic hydroxyl groups is 1. The van der Waals surface area contributed by atoms with Gasteiger partial charge in [0.1, 0.15) is 5.69 Å². The molecule has 2 fully saturated rings. The van der Waals surface area contributed by atoms with Crippen LogP contribution in [0.25, 0.3) is 0 Å². The number of likely N-dealkylation sites (tertiary alicyclic amines) is 1. The van der Waals surface area contributed by atoms with E-state index < -0.39 is 17.7 Å². The van der Waals surface area contributed by atoms with Crippen molar-refractivity contribution in [2.75, 3.05) is 43.0 Å². The number of nitrogens with one attached hydrogen (secondary N) is 1. The lowest BCUT2D eigenvalue weighted by Gasteiger charge is -2.21. The van der Waals surface area contributed by atoms with E-state index in [2.05, 4.69) is 5.32 Å². The van der Waals surface area contributed by atoms with E-state index in [1.54, 1.807) is 9.80 Å². The van der Waals surface area contributed by atoms with Gasteiger partial charge in [-0.25, -0.2) is 13.6 Å². The molecule has 2 aliphatic rings. The Bertz CT molecular complexity index is 568. The van der Waals surface area contributed by atoms with Gasteiger partial charge < -0.3 is 20.2 Å². The number of rotatable bonds is 3.